The molecule has 18 heavy (non-hydrogen) atoms. The number of hydrogen-bond donors (Lipinski definition) is 1. The van der Waals surface area contributed by atoms with Gasteiger partial charge in [0.25, 0.3) is 0 Å². The standard InChI is InChI=1S/C13H17N3OS/c1-10-13(11-3-2-8-17-11)15-12(18-10)9-16-6-4-14-5-7-16/h2-3,8,14H,4-7,9H2,1H3. The molecule has 3 heterocycles. The third-order valence-electron chi connectivity index (χ3n) is 3.16. The van der Waals surface area contributed by atoms with E-state index in [1.165, 1.54) is 9.88 Å². The molecule has 0 amide bonds. The lowest BCUT2D eigenvalue weighted by Crippen LogP contribution is -2.42. The van der Waals surface area contributed by atoms with Crippen LogP contribution in [0.2, 0.25) is 0 Å². The van der Waals surface area contributed by atoms with Gasteiger partial charge in [0.15, 0.2) is 5.76 Å². The van der Waals surface area contributed by atoms with Crippen LogP contribution in [0.3, 0.4) is 0 Å². The Labute approximate surface area is 111 Å². The van der Waals surface area contributed by atoms with Crippen LogP contribution in [0.25, 0.3) is 11.5 Å². The van der Waals surface area contributed by atoms with Crippen molar-refractivity contribution in [1.29, 1.82) is 0 Å². The van der Waals surface area contributed by atoms with Crippen molar-refractivity contribution in [3.8, 4) is 11.5 Å². The summed E-state index contributed by atoms with van der Waals surface area (Å²) in [5.74, 6) is 0.871. The maximum Gasteiger partial charge on any atom is 0.153 e. The number of hydrogen-bond acceptors (Lipinski definition) is 5. The fraction of sp³-hybridized carbons (Fsp3) is 0.462. The Morgan fingerprint density at radius 3 is 3.00 bits per heavy atom. The summed E-state index contributed by atoms with van der Waals surface area (Å²) < 4.78 is 5.42. The van der Waals surface area contributed by atoms with E-state index in [1.807, 2.05) is 12.1 Å². The second kappa shape index (κ2) is 5.22. The van der Waals surface area contributed by atoms with E-state index in [1.54, 1.807) is 17.6 Å². The maximum atomic E-state index is 5.42. The molecule has 0 bridgehead atoms. The molecule has 0 radical (unpaired) electrons. The number of nitrogens with one attached hydrogen (secondary N) is 1. The average Bonchev–Trinajstić information content (AvgIpc) is 3.00. The van der Waals surface area contributed by atoms with Gasteiger partial charge in [0, 0.05) is 31.1 Å². The zero-order valence-electron chi connectivity index (χ0n) is 10.5. The van der Waals surface area contributed by atoms with Gasteiger partial charge in [-0.25, -0.2) is 4.98 Å². The molecule has 1 aliphatic heterocycles. The summed E-state index contributed by atoms with van der Waals surface area (Å²) in [7, 11) is 0. The molecule has 2 aromatic heterocycles. The van der Waals surface area contributed by atoms with E-state index >= 15 is 0 Å². The van der Waals surface area contributed by atoms with E-state index in [2.05, 4.69) is 17.1 Å². The van der Waals surface area contributed by atoms with Crippen LogP contribution >= 0.6 is 11.3 Å². The summed E-state index contributed by atoms with van der Waals surface area (Å²) in [5.41, 5.74) is 0.995. The number of aryl methyl sites for hydroxylation is 1. The van der Waals surface area contributed by atoms with E-state index in [0.717, 1.165) is 44.2 Å². The van der Waals surface area contributed by atoms with Gasteiger partial charge in [0.1, 0.15) is 10.7 Å². The zero-order valence-corrected chi connectivity index (χ0v) is 11.3. The van der Waals surface area contributed by atoms with E-state index in [-0.39, 0.29) is 0 Å². The fourth-order valence-corrected chi connectivity index (χ4v) is 3.20. The van der Waals surface area contributed by atoms with E-state index < -0.39 is 0 Å². The van der Waals surface area contributed by atoms with Gasteiger partial charge in [0.2, 0.25) is 0 Å². The highest BCUT2D eigenvalue weighted by Crippen LogP contribution is 2.28. The molecule has 1 aliphatic rings. The molecule has 1 N–H and O–H groups in total. The molecule has 0 aromatic carbocycles. The molecule has 0 atom stereocenters. The van der Waals surface area contributed by atoms with Crippen molar-refractivity contribution >= 4 is 11.3 Å². The molecule has 3 rings (SSSR count). The Kier molecular flexibility index (Phi) is 3.45. The second-order valence-corrected chi connectivity index (χ2v) is 5.80. The van der Waals surface area contributed by atoms with E-state index in [9.17, 15) is 0 Å². The monoisotopic (exact) mass is 263 g/mol. The molecule has 0 saturated carbocycles. The van der Waals surface area contributed by atoms with Crippen molar-refractivity contribution in [3.63, 3.8) is 0 Å². The minimum atomic E-state index is 0.871. The number of nitrogens with zero attached hydrogens (tertiary/aromatic N) is 2. The van der Waals surface area contributed by atoms with Crippen molar-refractivity contribution in [1.82, 2.24) is 15.2 Å². The highest BCUT2D eigenvalue weighted by Gasteiger charge is 2.15. The molecule has 0 aliphatic carbocycles. The lowest BCUT2D eigenvalue weighted by molar-refractivity contribution is 0.233. The first-order valence-corrected chi connectivity index (χ1v) is 7.08. The average molecular weight is 263 g/mol. The SMILES string of the molecule is Cc1sc(CN2CCNCC2)nc1-c1ccco1. The zero-order chi connectivity index (χ0) is 12.4. The Morgan fingerprint density at radius 2 is 2.28 bits per heavy atom. The van der Waals surface area contributed by atoms with Gasteiger partial charge in [-0.15, -0.1) is 11.3 Å². The molecule has 0 unspecified atom stereocenters. The number of piperazine rings is 1. The Bertz CT molecular complexity index is 500. The van der Waals surface area contributed by atoms with Gasteiger partial charge in [-0.1, -0.05) is 0 Å². The maximum absolute atomic E-state index is 5.42. The predicted octanol–water partition coefficient (Wildman–Crippen LogP) is 2.12. The van der Waals surface area contributed by atoms with Crippen LogP contribution in [0.1, 0.15) is 9.88 Å². The summed E-state index contributed by atoms with van der Waals surface area (Å²) >= 11 is 1.77. The summed E-state index contributed by atoms with van der Waals surface area (Å²) in [6.45, 7) is 7.43. The van der Waals surface area contributed by atoms with Gasteiger partial charge >= 0.3 is 0 Å². The molecule has 5 heteroatoms. The fourth-order valence-electron chi connectivity index (χ4n) is 2.22. The first-order valence-electron chi connectivity index (χ1n) is 6.26. The molecule has 0 spiro atoms. The molecule has 96 valence electrons. The quantitative estimate of drug-likeness (QED) is 0.921. The van der Waals surface area contributed by atoms with Crippen molar-refractivity contribution in [2.45, 2.75) is 13.5 Å². The van der Waals surface area contributed by atoms with Gasteiger partial charge in [-0.2, -0.15) is 0 Å². The topological polar surface area (TPSA) is 41.3 Å². The molecule has 2 aromatic rings. The normalized spacial score (nSPS) is 17.2. The van der Waals surface area contributed by atoms with Crippen LogP contribution in [0.4, 0.5) is 0 Å². The molecular formula is C13H17N3OS. The molecule has 1 fully saturated rings. The van der Waals surface area contributed by atoms with Gasteiger partial charge in [0.05, 0.1) is 12.8 Å². The van der Waals surface area contributed by atoms with Crippen LogP contribution in [-0.2, 0) is 6.54 Å². The highest BCUT2D eigenvalue weighted by molar-refractivity contribution is 7.12. The third kappa shape index (κ3) is 2.48. The lowest BCUT2D eigenvalue weighted by atomic mass is 10.3. The third-order valence-corrected chi connectivity index (χ3v) is 4.12. The molecular weight excluding hydrogens is 246 g/mol. The van der Waals surface area contributed by atoms with Crippen LogP contribution in [-0.4, -0.2) is 36.1 Å². The predicted molar refractivity (Wildman–Crippen MR) is 72.7 cm³/mol. The van der Waals surface area contributed by atoms with Gasteiger partial charge in [-0.3, -0.25) is 4.90 Å². The second-order valence-electron chi connectivity index (χ2n) is 4.52. The number of thiazole rings is 1. The Balaban J connectivity index is 1.75. The van der Waals surface area contributed by atoms with Crippen LogP contribution < -0.4 is 5.32 Å². The first kappa shape index (κ1) is 11.9. The number of rotatable bonds is 3. The number of aromatic nitrogens is 1. The van der Waals surface area contributed by atoms with Gasteiger partial charge < -0.3 is 9.73 Å². The van der Waals surface area contributed by atoms with E-state index in [4.69, 9.17) is 9.40 Å². The Morgan fingerprint density at radius 1 is 1.44 bits per heavy atom. The molecule has 1 saturated heterocycles. The van der Waals surface area contributed by atoms with Crippen molar-refractivity contribution in [2.75, 3.05) is 26.2 Å². The van der Waals surface area contributed by atoms with Crippen LogP contribution in [0, 0.1) is 6.92 Å². The van der Waals surface area contributed by atoms with Crippen molar-refractivity contribution < 1.29 is 4.42 Å². The van der Waals surface area contributed by atoms with Gasteiger partial charge in [-0.05, 0) is 19.1 Å². The van der Waals surface area contributed by atoms with Crippen molar-refractivity contribution in [3.05, 3.63) is 28.3 Å². The van der Waals surface area contributed by atoms with Crippen molar-refractivity contribution in [2.24, 2.45) is 0 Å². The summed E-state index contributed by atoms with van der Waals surface area (Å²) in [6, 6.07) is 3.88. The van der Waals surface area contributed by atoms with Crippen LogP contribution in [0.15, 0.2) is 22.8 Å². The minimum Gasteiger partial charge on any atom is -0.463 e. The summed E-state index contributed by atoms with van der Waals surface area (Å²) in [5, 5.41) is 4.55. The first-order chi connectivity index (χ1) is 8.83. The molecule has 4 nitrogen and oxygen atoms in total. The van der Waals surface area contributed by atoms with E-state index in [0.29, 0.717) is 0 Å². The lowest BCUT2D eigenvalue weighted by Gasteiger charge is -2.26. The summed E-state index contributed by atoms with van der Waals surface area (Å²) in [6.07, 6.45) is 1.70. The smallest absolute Gasteiger partial charge is 0.153 e. The Hall–Kier alpha value is -1.17. The minimum absolute atomic E-state index is 0.871. The number of furan rings is 1. The van der Waals surface area contributed by atoms with Crippen LogP contribution in [0.5, 0.6) is 0 Å². The largest absolute Gasteiger partial charge is 0.463 e. The highest BCUT2D eigenvalue weighted by atomic mass is 32.1. The summed E-state index contributed by atoms with van der Waals surface area (Å²) in [4.78, 5) is 8.39.